The van der Waals surface area contributed by atoms with Crippen molar-refractivity contribution < 1.29 is 4.74 Å². The standard InChI is InChI=1S/C18H27N5O/c1-21-8-6-19-18(21)12-23-7-5-17(24-13-14-3-4-14)16(23)9-15-10-20-22(2)11-15/h6,8,10-11,14,16-17H,3-5,7,9,12-13H2,1-2H3/t16-,17-/m0/s1. The first kappa shape index (κ1) is 15.8. The maximum Gasteiger partial charge on any atom is 0.122 e. The van der Waals surface area contributed by atoms with Crippen LogP contribution in [0.2, 0.25) is 0 Å². The largest absolute Gasteiger partial charge is 0.376 e. The van der Waals surface area contributed by atoms with E-state index < -0.39 is 0 Å². The highest BCUT2D eigenvalue weighted by atomic mass is 16.5. The summed E-state index contributed by atoms with van der Waals surface area (Å²) in [6.07, 6.45) is 13.1. The van der Waals surface area contributed by atoms with Crippen LogP contribution >= 0.6 is 0 Å². The Morgan fingerprint density at radius 3 is 2.79 bits per heavy atom. The lowest BCUT2D eigenvalue weighted by Gasteiger charge is -2.27. The molecule has 1 saturated carbocycles. The molecule has 130 valence electrons. The third-order valence-electron chi connectivity index (χ3n) is 5.31. The molecule has 0 N–H and O–H groups in total. The fourth-order valence-electron chi connectivity index (χ4n) is 3.63. The van der Waals surface area contributed by atoms with Crippen molar-refractivity contribution in [1.82, 2.24) is 24.2 Å². The summed E-state index contributed by atoms with van der Waals surface area (Å²) in [4.78, 5) is 7.03. The second kappa shape index (κ2) is 6.69. The fourth-order valence-corrected chi connectivity index (χ4v) is 3.63. The van der Waals surface area contributed by atoms with Crippen LogP contribution in [-0.4, -0.2) is 49.5 Å². The molecule has 2 aromatic heterocycles. The van der Waals surface area contributed by atoms with E-state index in [1.54, 1.807) is 0 Å². The van der Waals surface area contributed by atoms with Crippen molar-refractivity contribution in [3.8, 4) is 0 Å². The fraction of sp³-hybridized carbons (Fsp3) is 0.667. The minimum absolute atomic E-state index is 0.325. The molecule has 0 radical (unpaired) electrons. The van der Waals surface area contributed by atoms with Crippen molar-refractivity contribution in [2.24, 2.45) is 20.0 Å². The molecule has 1 aliphatic heterocycles. The zero-order valence-electron chi connectivity index (χ0n) is 14.6. The highest BCUT2D eigenvalue weighted by Crippen LogP contribution is 2.32. The molecule has 6 heteroatoms. The third-order valence-corrected chi connectivity index (χ3v) is 5.31. The molecule has 0 aromatic carbocycles. The zero-order chi connectivity index (χ0) is 16.5. The summed E-state index contributed by atoms with van der Waals surface area (Å²) >= 11 is 0. The molecule has 2 aromatic rings. The lowest BCUT2D eigenvalue weighted by molar-refractivity contribution is 0.0192. The number of aryl methyl sites for hydroxylation is 2. The number of rotatable bonds is 7. The predicted molar refractivity (Wildman–Crippen MR) is 91.4 cm³/mol. The highest BCUT2D eigenvalue weighted by Gasteiger charge is 2.36. The van der Waals surface area contributed by atoms with Gasteiger partial charge in [-0.2, -0.15) is 5.10 Å². The van der Waals surface area contributed by atoms with E-state index in [9.17, 15) is 0 Å². The number of hydrogen-bond acceptors (Lipinski definition) is 4. The summed E-state index contributed by atoms with van der Waals surface area (Å²) in [5.74, 6) is 1.93. The summed E-state index contributed by atoms with van der Waals surface area (Å²) in [7, 11) is 4.04. The average Bonchev–Trinajstić information content (AvgIpc) is 3.00. The monoisotopic (exact) mass is 329 g/mol. The van der Waals surface area contributed by atoms with Crippen molar-refractivity contribution in [3.05, 3.63) is 36.2 Å². The first-order valence-electron chi connectivity index (χ1n) is 8.98. The van der Waals surface area contributed by atoms with E-state index in [1.807, 2.05) is 30.3 Å². The first-order chi connectivity index (χ1) is 11.7. The second-order valence-corrected chi connectivity index (χ2v) is 7.32. The third kappa shape index (κ3) is 3.54. The molecule has 0 spiro atoms. The zero-order valence-corrected chi connectivity index (χ0v) is 14.6. The van der Waals surface area contributed by atoms with Crippen molar-refractivity contribution in [3.63, 3.8) is 0 Å². The van der Waals surface area contributed by atoms with Gasteiger partial charge in [-0.1, -0.05) is 0 Å². The number of ether oxygens (including phenoxy) is 1. The Bertz CT molecular complexity index is 675. The quantitative estimate of drug-likeness (QED) is 0.777. The SMILES string of the molecule is Cn1cc(C[C@H]2[C@@H](OCC3CC3)CCN2Cc2nccn2C)cn1. The number of aromatic nitrogens is 4. The molecule has 1 saturated heterocycles. The summed E-state index contributed by atoms with van der Waals surface area (Å²) < 4.78 is 10.3. The van der Waals surface area contributed by atoms with Gasteiger partial charge < -0.3 is 9.30 Å². The van der Waals surface area contributed by atoms with Crippen LogP contribution in [0.4, 0.5) is 0 Å². The van der Waals surface area contributed by atoms with Crippen LogP contribution < -0.4 is 0 Å². The molecule has 6 nitrogen and oxygen atoms in total. The van der Waals surface area contributed by atoms with Crippen LogP contribution in [0.15, 0.2) is 24.8 Å². The molecule has 0 unspecified atom stereocenters. The summed E-state index contributed by atoms with van der Waals surface area (Å²) in [5.41, 5.74) is 1.29. The van der Waals surface area contributed by atoms with Crippen molar-refractivity contribution in [2.75, 3.05) is 13.2 Å². The van der Waals surface area contributed by atoms with Gasteiger partial charge in [0, 0.05) is 51.9 Å². The van der Waals surface area contributed by atoms with Crippen LogP contribution in [0, 0.1) is 5.92 Å². The molecule has 2 aliphatic rings. The van der Waals surface area contributed by atoms with E-state index in [0.717, 1.165) is 44.3 Å². The normalized spacial score (nSPS) is 24.8. The van der Waals surface area contributed by atoms with Crippen LogP contribution in [-0.2, 0) is 31.8 Å². The topological polar surface area (TPSA) is 48.1 Å². The predicted octanol–water partition coefficient (Wildman–Crippen LogP) is 1.77. The van der Waals surface area contributed by atoms with E-state index in [4.69, 9.17) is 4.74 Å². The Kier molecular flexibility index (Phi) is 4.41. The highest BCUT2D eigenvalue weighted by molar-refractivity contribution is 5.09. The van der Waals surface area contributed by atoms with Crippen LogP contribution in [0.25, 0.3) is 0 Å². The van der Waals surface area contributed by atoms with E-state index in [0.29, 0.717) is 12.1 Å². The van der Waals surface area contributed by atoms with E-state index >= 15 is 0 Å². The lowest BCUT2D eigenvalue weighted by atomic mass is 10.0. The van der Waals surface area contributed by atoms with Gasteiger partial charge in [0.15, 0.2) is 0 Å². The van der Waals surface area contributed by atoms with Gasteiger partial charge in [0.2, 0.25) is 0 Å². The van der Waals surface area contributed by atoms with Gasteiger partial charge in [0.25, 0.3) is 0 Å². The van der Waals surface area contributed by atoms with E-state index in [2.05, 4.69) is 32.8 Å². The van der Waals surface area contributed by atoms with Crippen LogP contribution in [0.3, 0.4) is 0 Å². The lowest BCUT2D eigenvalue weighted by Crippen LogP contribution is -2.38. The molecular weight excluding hydrogens is 302 g/mol. The summed E-state index contributed by atoms with van der Waals surface area (Å²) in [6.45, 7) is 2.90. The van der Waals surface area contributed by atoms with Gasteiger partial charge >= 0.3 is 0 Å². The Morgan fingerprint density at radius 2 is 2.12 bits per heavy atom. The number of hydrogen-bond donors (Lipinski definition) is 0. The molecular formula is C18H27N5O. The van der Waals surface area contributed by atoms with Crippen LogP contribution in [0.5, 0.6) is 0 Å². The Labute approximate surface area is 143 Å². The van der Waals surface area contributed by atoms with E-state index in [1.165, 1.54) is 18.4 Å². The smallest absolute Gasteiger partial charge is 0.122 e. The number of imidazole rings is 1. The van der Waals surface area contributed by atoms with Crippen molar-refractivity contribution >= 4 is 0 Å². The second-order valence-electron chi connectivity index (χ2n) is 7.32. The van der Waals surface area contributed by atoms with Gasteiger partial charge in [-0.3, -0.25) is 9.58 Å². The molecule has 0 bridgehead atoms. The van der Waals surface area contributed by atoms with Gasteiger partial charge in [-0.25, -0.2) is 4.98 Å². The summed E-state index contributed by atoms with van der Waals surface area (Å²) in [6, 6.07) is 0.407. The Morgan fingerprint density at radius 1 is 1.25 bits per heavy atom. The van der Waals surface area contributed by atoms with Crippen molar-refractivity contribution in [2.45, 2.75) is 44.4 Å². The molecule has 1 aliphatic carbocycles. The Balaban J connectivity index is 1.47. The van der Waals surface area contributed by atoms with Crippen molar-refractivity contribution in [1.29, 1.82) is 0 Å². The molecule has 2 fully saturated rings. The Hall–Kier alpha value is -1.66. The van der Waals surface area contributed by atoms with Gasteiger partial charge in [-0.05, 0) is 37.2 Å². The first-order valence-corrected chi connectivity index (χ1v) is 8.98. The number of nitrogens with zero attached hydrogens (tertiary/aromatic N) is 5. The maximum absolute atomic E-state index is 6.30. The molecule has 2 atom stereocenters. The number of likely N-dealkylation sites (tertiary alicyclic amines) is 1. The molecule has 3 heterocycles. The van der Waals surface area contributed by atoms with Crippen LogP contribution in [0.1, 0.15) is 30.7 Å². The molecule has 0 amide bonds. The average molecular weight is 329 g/mol. The van der Waals surface area contributed by atoms with Gasteiger partial charge in [0.1, 0.15) is 5.82 Å². The van der Waals surface area contributed by atoms with Gasteiger partial charge in [-0.15, -0.1) is 0 Å². The van der Waals surface area contributed by atoms with Gasteiger partial charge in [0.05, 0.1) is 18.8 Å². The minimum Gasteiger partial charge on any atom is -0.376 e. The molecule has 4 rings (SSSR count). The minimum atomic E-state index is 0.325. The summed E-state index contributed by atoms with van der Waals surface area (Å²) in [5, 5.41) is 4.32. The van der Waals surface area contributed by atoms with E-state index in [-0.39, 0.29) is 0 Å². The maximum atomic E-state index is 6.30. The molecule has 24 heavy (non-hydrogen) atoms.